The Bertz CT molecular complexity index is 276. The second-order valence-corrected chi connectivity index (χ2v) is 5.85. The number of ether oxygens (including phenoxy) is 2. The molecule has 1 heterocycles. The van der Waals surface area contributed by atoms with Crippen molar-refractivity contribution < 1.29 is 9.47 Å². The summed E-state index contributed by atoms with van der Waals surface area (Å²) in [6.45, 7) is 12.4. The van der Waals surface area contributed by atoms with Gasteiger partial charge >= 0.3 is 0 Å². The van der Waals surface area contributed by atoms with E-state index in [0.29, 0.717) is 24.9 Å². The minimum Gasteiger partial charge on any atom is -0.475 e. The minimum absolute atomic E-state index is 0.219. The van der Waals surface area contributed by atoms with Crippen LogP contribution in [-0.4, -0.2) is 29.7 Å². The van der Waals surface area contributed by atoms with Crippen molar-refractivity contribution in [3.8, 4) is 0 Å². The molecule has 0 saturated heterocycles. The van der Waals surface area contributed by atoms with Crippen LogP contribution in [0.1, 0.15) is 48.0 Å². The summed E-state index contributed by atoms with van der Waals surface area (Å²) in [5.41, 5.74) is -0.438. The first kappa shape index (κ1) is 13.0. The number of hydrogen-bond acceptors (Lipinski definition) is 4. The molecule has 0 unspecified atom stereocenters. The summed E-state index contributed by atoms with van der Waals surface area (Å²) in [4.78, 5) is 8.44. The van der Waals surface area contributed by atoms with Gasteiger partial charge in [0.2, 0.25) is 0 Å². The van der Waals surface area contributed by atoms with E-state index < -0.39 is 0 Å². The molecular formula is C12H22N2O2. The topological polar surface area (TPSA) is 43.2 Å². The molecule has 0 spiro atoms. The normalized spacial score (nSPS) is 17.6. The highest BCUT2D eigenvalue weighted by Gasteiger charge is 2.22. The van der Waals surface area contributed by atoms with Crippen molar-refractivity contribution in [2.24, 2.45) is 9.98 Å². The van der Waals surface area contributed by atoms with Crippen LogP contribution in [0, 0.1) is 0 Å². The Morgan fingerprint density at radius 1 is 0.812 bits per heavy atom. The standard InChI is InChI=1S/C12H22N2O2/c1-11(2,3)15-9-7-10(14-8-13-9)16-12(4,5)6/h7-8H2,1-6H3. The maximum absolute atomic E-state index is 5.71. The van der Waals surface area contributed by atoms with E-state index in [2.05, 4.69) is 9.98 Å². The number of rotatable bonds is 0. The summed E-state index contributed by atoms with van der Waals surface area (Å²) in [6, 6.07) is 0. The fraction of sp³-hybridized carbons (Fsp3) is 0.833. The highest BCUT2D eigenvalue weighted by molar-refractivity contribution is 5.98. The van der Waals surface area contributed by atoms with Gasteiger partial charge in [-0.05, 0) is 41.5 Å². The van der Waals surface area contributed by atoms with Gasteiger partial charge in [0, 0.05) is 0 Å². The molecule has 0 bridgehead atoms. The molecule has 0 aromatic heterocycles. The van der Waals surface area contributed by atoms with Gasteiger partial charge in [-0.15, -0.1) is 0 Å². The van der Waals surface area contributed by atoms with Crippen LogP contribution < -0.4 is 0 Å². The molecule has 0 amide bonds. The van der Waals surface area contributed by atoms with Crippen molar-refractivity contribution in [1.82, 2.24) is 0 Å². The minimum atomic E-state index is -0.219. The van der Waals surface area contributed by atoms with Gasteiger partial charge in [0.25, 0.3) is 0 Å². The van der Waals surface area contributed by atoms with Crippen LogP contribution >= 0.6 is 0 Å². The van der Waals surface area contributed by atoms with E-state index >= 15 is 0 Å². The molecule has 4 nitrogen and oxygen atoms in total. The monoisotopic (exact) mass is 226 g/mol. The van der Waals surface area contributed by atoms with Gasteiger partial charge in [-0.3, -0.25) is 0 Å². The Hall–Kier alpha value is -1.06. The molecule has 0 aromatic rings. The predicted octanol–water partition coefficient (Wildman–Crippen LogP) is 2.77. The first-order chi connectivity index (χ1) is 7.16. The lowest BCUT2D eigenvalue weighted by molar-refractivity contribution is 0.0997. The fourth-order valence-corrected chi connectivity index (χ4v) is 1.28. The Labute approximate surface area is 97.8 Å². The zero-order valence-electron chi connectivity index (χ0n) is 11.1. The zero-order valence-corrected chi connectivity index (χ0v) is 11.1. The molecule has 0 saturated carbocycles. The van der Waals surface area contributed by atoms with Gasteiger partial charge in [-0.2, -0.15) is 0 Å². The smallest absolute Gasteiger partial charge is 0.195 e. The highest BCUT2D eigenvalue weighted by Crippen LogP contribution is 2.15. The summed E-state index contributed by atoms with van der Waals surface area (Å²) >= 11 is 0. The Morgan fingerprint density at radius 3 is 1.50 bits per heavy atom. The van der Waals surface area contributed by atoms with Crippen molar-refractivity contribution in [2.45, 2.75) is 59.2 Å². The molecule has 0 fully saturated rings. The Balaban J connectivity index is 2.54. The summed E-state index contributed by atoms with van der Waals surface area (Å²) in [7, 11) is 0. The maximum Gasteiger partial charge on any atom is 0.195 e. The van der Waals surface area contributed by atoms with E-state index in [0.717, 1.165) is 0 Å². The van der Waals surface area contributed by atoms with E-state index in [1.165, 1.54) is 0 Å². The molecule has 0 aromatic carbocycles. The molecular weight excluding hydrogens is 204 g/mol. The van der Waals surface area contributed by atoms with Crippen molar-refractivity contribution >= 4 is 11.8 Å². The van der Waals surface area contributed by atoms with Gasteiger partial charge in [-0.25, -0.2) is 9.98 Å². The van der Waals surface area contributed by atoms with E-state index in [1.54, 1.807) is 0 Å². The van der Waals surface area contributed by atoms with Crippen molar-refractivity contribution in [2.75, 3.05) is 6.67 Å². The fourth-order valence-electron chi connectivity index (χ4n) is 1.28. The molecule has 0 atom stereocenters. The molecule has 0 N–H and O–H groups in total. The van der Waals surface area contributed by atoms with Crippen molar-refractivity contribution in [1.29, 1.82) is 0 Å². The predicted molar refractivity (Wildman–Crippen MR) is 66.0 cm³/mol. The lowest BCUT2D eigenvalue weighted by Gasteiger charge is -2.27. The molecule has 1 aliphatic rings. The molecule has 0 radical (unpaired) electrons. The average molecular weight is 226 g/mol. The molecule has 1 aliphatic heterocycles. The van der Waals surface area contributed by atoms with E-state index in [1.807, 2.05) is 41.5 Å². The maximum atomic E-state index is 5.71. The number of nitrogens with zero attached hydrogens (tertiary/aromatic N) is 2. The van der Waals surface area contributed by atoms with Gasteiger partial charge in [0.05, 0.1) is 6.42 Å². The Kier molecular flexibility index (Phi) is 3.61. The molecule has 92 valence electrons. The first-order valence-electron chi connectivity index (χ1n) is 5.60. The highest BCUT2D eigenvalue weighted by atomic mass is 16.5. The summed E-state index contributed by atoms with van der Waals surface area (Å²) in [6.07, 6.45) is 0.550. The third-order valence-electron chi connectivity index (χ3n) is 1.64. The van der Waals surface area contributed by atoms with E-state index in [9.17, 15) is 0 Å². The van der Waals surface area contributed by atoms with Crippen LogP contribution in [-0.2, 0) is 9.47 Å². The average Bonchev–Trinajstić information content (AvgIpc) is 1.96. The van der Waals surface area contributed by atoms with Gasteiger partial charge in [0.1, 0.15) is 17.9 Å². The number of aliphatic imine (C=N–C) groups is 2. The first-order valence-corrected chi connectivity index (χ1v) is 5.60. The summed E-state index contributed by atoms with van der Waals surface area (Å²) in [5.74, 6) is 1.42. The quantitative estimate of drug-likeness (QED) is 0.637. The number of hydrogen-bond donors (Lipinski definition) is 0. The van der Waals surface area contributed by atoms with Crippen LogP contribution in [0.4, 0.5) is 0 Å². The third kappa shape index (κ3) is 5.14. The third-order valence-corrected chi connectivity index (χ3v) is 1.64. The molecule has 1 rings (SSSR count). The summed E-state index contributed by atoms with van der Waals surface area (Å²) in [5, 5.41) is 0. The van der Waals surface area contributed by atoms with Crippen LogP contribution in [0.2, 0.25) is 0 Å². The largest absolute Gasteiger partial charge is 0.475 e. The lowest BCUT2D eigenvalue weighted by atomic mass is 10.2. The van der Waals surface area contributed by atoms with Crippen LogP contribution in [0.5, 0.6) is 0 Å². The van der Waals surface area contributed by atoms with Crippen LogP contribution in [0.3, 0.4) is 0 Å². The Morgan fingerprint density at radius 2 is 1.19 bits per heavy atom. The van der Waals surface area contributed by atoms with Gasteiger partial charge in [-0.1, -0.05) is 0 Å². The zero-order chi connectivity index (χ0) is 12.4. The summed E-state index contributed by atoms with van der Waals surface area (Å²) < 4.78 is 11.4. The molecule has 0 aliphatic carbocycles. The van der Waals surface area contributed by atoms with E-state index in [4.69, 9.17) is 9.47 Å². The lowest BCUT2D eigenvalue weighted by Crippen LogP contribution is -2.31. The van der Waals surface area contributed by atoms with Gasteiger partial charge < -0.3 is 9.47 Å². The molecule has 4 heteroatoms. The van der Waals surface area contributed by atoms with E-state index in [-0.39, 0.29) is 11.2 Å². The molecule has 16 heavy (non-hydrogen) atoms. The van der Waals surface area contributed by atoms with Crippen molar-refractivity contribution in [3.63, 3.8) is 0 Å². The second kappa shape index (κ2) is 4.44. The van der Waals surface area contributed by atoms with Crippen LogP contribution in [0.25, 0.3) is 0 Å². The second-order valence-electron chi connectivity index (χ2n) is 5.85. The van der Waals surface area contributed by atoms with Gasteiger partial charge in [0.15, 0.2) is 11.8 Å². The van der Waals surface area contributed by atoms with Crippen LogP contribution in [0.15, 0.2) is 9.98 Å². The SMILES string of the molecule is CC(C)(C)OC1=NCN=C(OC(C)(C)C)C1. The van der Waals surface area contributed by atoms with Crippen molar-refractivity contribution in [3.05, 3.63) is 0 Å².